The molecular weight excluding hydrogens is 474 g/mol. The molecule has 0 spiro atoms. The highest BCUT2D eigenvalue weighted by atomic mass is 16.5. The number of hydrogen-bond donors (Lipinski definition) is 2. The first-order valence-electron chi connectivity index (χ1n) is 12.6. The molecular formula is C26H31N7O4. The largest absolute Gasteiger partial charge is 0.379 e. The van der Waals surface area contributed by atoms with Gasteiger partial charge in [-0.2, -0.15) is 9.61 Å². The van der Waals surface area contributed by atoms with E-state index >= 15 is 0 Å². The number of rotatable bonds is 7. The van der Waals surface area contributed by atoms with E-state index in [0.29, 0.717) is 24.4 Å². The second-order valence-corrected chi connectivity index (χ2v) is 9.53. The predicted octanol–water partition coefficient (Wildman–Crippen LogP) is 2.67. The number of amides is 1. The molecule has 2 N–H and O–H groups in total. The lowest BCUT2D eigenvalue weighted by atomic mass is 9.89. The highest BCUT2D eigenvalue weighted by Gasteiger charge is 2.33. The van der Waals surface area contributed by atoms with E-state index in [4.69, 9.17) is 24.2 Å². The van der Waals surface area contributed by atoms with Gasteiger partial charge in [-0.15, -0.1) is 0 Å². The molecule has 194 valence electrons. The molecule has 0 aromatic carbocycles. The van der Waals surface area contributed by atoms with Crippen LogP contribution in [-0.2, 0) is 14.2 Å². The Kier molecular flexibility index (Phi) is 6.27. The van der Waals surface area contributed by atoms with Crippen LogP contribution in [0.15, 0.2) is 36.8 Å². The summed E-state index contributed by atoms with van der Waals surface area (Å²) in [7, 11) is 5.21. The second-order valence-electron chi connectivity index (χ2n) is 9.53. The van der Waals surface area contributed by atoms with Crippen LogP contribution in [0.1, 0.15) is 35.7 Å². The Labute approximate surface area is 214 Å². The van der Waals surface area contributed by atoms with Crippen molar-refractivity contribution in [1.29, 1.82) is 0 Å². The minimum absolute atomic E-state index is 0.00310. The fraction of sp³-hybridized carbons (Fsp3) is 0.462. The molecule has 1 aliphatic carbocycles. The highest BCUT2D eigenvalue weighted by Crippen LogP contribution is 2.35. The Morgan fingerprint density at radius 3 is 2.78 bits per heavy atom. The van der Waals surface area contributed by atoms with Crippen molar-refractivity contribution >= 4 is 28.4 Å². The SMILES string of the molecule is CNc1cc(-c2cn([C@H]3CCOC[C@@H]3OC)c3ncccc23)nc2c(C(=O)N[C@@H]3CC[C@H]3OC)cnn12. The Hall–Kier alpha value is -3.54. The second kappa shape index (κ2) is 9.73. The molecule has 1 saturated heterocycles. The molecule has 0 unspecified atom stereocenters. The summed E-state index contributed by atoms with van der Waals surface area (Å²) < 4.78 is 20.7. The summed E-state index contributed by atoms with van der Waals surface area (Å²) in [6.45, 7) is 1.20. The topological polar surface area (TPSA) is 117 Å². The number of nitrogens with zero attached hydrogens (tertiary/aromatic N) is 5. The number of ether oxygens (including phenoxy) is 3. The first-order chi connectivity index (χ1) is 18.1. The maximum absolute atomic E-state index is 13.2. The molecule has 1 amide bonds. The van der Waals surface area contributed by atoms with Crippen LogP contribution in [0.5, 0.6) is 0 Å². The highest BCUT2D eigenvalue weighted by molar-refractivity contribution is 6.01. The van der Waals surface area contributed by atoms with Gasteiger partial charge >= 0.3 is 0 Å². The van der Waals surface area contributed by atoms with E-state index in [-0.39, 0.29) is 30.2 Å². The molecule has 5 heterocycles. The minimum Gasteiger partial charge on any atom is -0.379 e. The number of aromatic nitrogens is 5. The van der Waals surface area contributed by atoms with Crippen LogP contribution in [0.2, 0.25) is 0 Å². The van der Waals surface area contributed by atoms with Gasteiger partial charge in [0.2, 0.25) is 0 Å². The molecule has 2 aliphatic rings. The smallest absolute Gasteiger partial charge is 0.257 e. The minimum atomic E-state index is -0.206. The van der Waals surface area contributed by atoms with Gasteiger partial charge in [0.25, 0.3) is 5.91 Å². The lowest BCUT2D eigenvalue weighted by Crippen LogP contribution is -2.51. The quantitative estimate of drug-likeness (QED) is 0.394. The van der Waals surface area contributed by atoms with Crippen molar-refractivity contribution < 1.29 is 19.0 Å². The van der Waals surface area contributed by atoms with Gasteiger partial charge < -0.3 is 29.4 Å². The lowest BCUT2D eigenvalue weighted by Gasteiger charge is -2.35. The zero-order valence-electron chi connectivity index (χ0n) is 21.2. The monoisotopic (exact) mass is 505 g/mol. The van der Waals surface area contributed by atoms with Crippen molar-refractivity contribution in [1.82, 2.24) is 29.5 Å². The normalized spacial score (nSPS) is 23.8. The van der Waals surface area contributed by atoms with Crippen molar-refractivity contribution in [3.8, 4) is 11.3 Å². The summed E-state index contributed by atoms with van der Waals surface area (Å²) in [6.07, 6.45) is 8.08. The summed E-state index contributed by atoms with van der Waals surface area (Å²) in [4.78, 5) is 22.9. The fourth-order valence-corrected chi connectivity index (χ4v) is 5.39. The molecule has 0 radical (unpaired) electrons. The van der Waals surface area contributed by atoms with Crippen LogP contribution < -0.4 is 10.6 Å². The molecule has 2 fully saturated rings. The van der Waals surface area contributed by atoms with Crippen LogP contribution in [0.4, 0.5) is 5.82 Å². The standard InChI is InChI=1S/C26H31N7O4/c1-27-23-11-19(30-25-16(12-29-33(23)25)26(34)31-18-6-7-21(18)35-2)17-13-32(24-15(17)5-4-9-28-24)20-8-10-37-14-22(20)36-3/h4-5,9,11-13,18,20-22,27H,6-8,10,14H2,1-3H3,(H,31,34)/t18-,20+,21-,22+/m1/s1. The number of carbonyl (C=O) groups excluding carboxylic acids is 1. The number of anilines is 1. The first-order valence-corrected chi connectivity index (χ1v) is 12.6. The number of fused-ring (bicyclic) bond motifs is 2. The Morgan fingerprint density at radius 2 is 2.03 bits per heavy atom. The van der Waals surface area contributed by atoms with E-state index in [1.807, 2.05) is 25.2 Å². The maximum Gasteiger partial charge on any atom is 0.257 e. The first kappa shape index (κ1) is 23.8. The van der Waals surface area contributed by atoms with E-state index < -0.39 is 0 Å². The average molecular weight is 506 g/mol. The third-order valence-corrected chi connectivity index (χ3v) is 7.60. The maximum atomic E-state index is 13.2. The Balaban J connectivity index is 1.45. The van der Waals surface area contributed by atoms with Gasteiger partial charge in [-0.1, -0.05) is 0 Å². The van der Waals surface area contributed by atoms with Crippen LogP contribution >= 0.6 is 0 Å². The summed E-state index contributed by atoms with van der Waals surface area (Å²) >= 11 is 0. The number of nitrogens with one attached hydrogen (secondary N) is 2. The predicted molar refractivity (Wildman–Crippen MR) is 138 cm³/mol. The Morgan fingerprint density at radius 1 is 1.16 bits per heavy atom. The molecule has 6 rings (SSSR count). The Bertz CT molecular complexity index is 1450. The molecule has 0 bridgehead atoms. The van der Waals surface area contributed by atoms with Gasteiger partial charge in [0, 0.05) is 57.3 Å². The summed E-state index contributed by atoms with van der Waals surface area (Å²) in [6, 6.07) is 6.00. The molecule has 4 atom stereocenters. The van der Waals surface area contributed by atoms with E-state index in [1.165, 1.54) is 0 Å². The van der Waals surface area contributed by atoms with E-state index in [9.17, 15) is 4.79 Å². The molecule has 1 saturated carbocycles. The molecule has 37 heavy (non-hydrogen) atoms. The zero-order valence-corrected chi connectivity index (χ0v) is 21.2. The number of carbonyl (C=O) groups is 1. The van der Waals surface area contributed by atoms with Crippen LogP contribution in [0.25, 0.3) is 27.9 Å². The van der Waals surface area contributed by atoms with Crippen LogP contribution in [-0.4, -0.2) is 82.8 Å². The van der Waals surface area contributed by atoms with E-state index in [2.05, 4.69) is 26.5 Å². The molecule has 11 heteroatoms. The molecule has 4 aromatic heterocycles. The molecule has 11 nitrogen and oxygen atoms in total. The molecule has 1 aliphatic heterocycles. The van der Waals surface area contributed by atoms with Gasteiger partial charge in [0.15, 0.2) is 5.65 Å². The van der Waals surface area contributed by atoms with Crippen molar-refractivity contribution in [2.75, 3.05) is 39.8 Å². The van der Waals surface area contributed by atoms with E-state index in [1.54, 1.807) is 31.1 Å². The summed E-state index contributed by atoms with van der Waals surface area (Å²) in [5.41, 5.74) is 3.42. The number of pyridine rings is 1. The van der Waals surface area contributed by atoms with Gasteiger partial charge in [0.1, 0.15) is 23.1 Å². The van der Waals surface area contributed by atoms with Crippen molar-refractivity contribution in [3.05, 3.63) is 42.4 Å². The third-order valence-electron chi connectivity index (χ3n) is 7.60. The van der Waals surface area contributed by atoms with Gasteiger partial charge in [-0.3, -0.25) is 4.79 Å². The van der Waals surface area contributed by atoms with Crippen molar-refractivity contribution in [3.63, 3.8) is 0 Å². The number of methoxy groups -OCH3 is 2. The fourth-order valence-electron chi connectivity index (χ4n) is 5.39. The zero-order chi connectivity index (χ0) is 25.5. The molecule has 4 aromatic rings. The van der Waals surface area contributed by atoms with E-state index in [0.717, 1.165) is 47.4 Å². The van der Waals surface area contributed by atoms with Crippen LogP contribution in [0.3, 0.4) is 0 Å². The summed E-state index contributed by atoms with van der Waals surface area (Å²) in [5, 5.41) is 11.7. The van der Waals surface area contributed by atoms with Crippen molar-refractivity contribution in [2.45, 2.75) is 43.6 Å². The third kappa shape index (κ3) is 4.03. The summed E-state index contributed by atoms with van der Waals surface area (Å²) in [5.74, 6) is 0.519. The number of hydrogen-bond acceptors (Lipinski definition) is 8. The van der Waals surface area contributed by atoms with Crippen LogP contribution in [0, 0.1) is 0 Å². The lowest BCUT2D eigenvalue weighted by molar-refractivity contribution is -0.0592. The van der Waals surface area contributed by atoms with Gasteiger partial charge in [0.05, 0.1) is 36.7 Å². The average Bonchev–Trinajstić information content (AvgIpc) is 3.53. The van der Waals surface area contributed by atoms with Gasteiger partial charge in [-0.25, -0.2) is 9.97 Å². The van der Waals surface area contributed by atoms with Crippen molar-refractivity contribution in [2.24, 2.45) is 0 Å². The van der Waals surface area contributed by atoms with Gasteiger partial charge in [-0.05, 0) is 31.4 Å².